The van der Waals surface area contributed by atoms with E-state index in [1.807, 2.05) is 28.8 Å². The summed E-state index contributed by atoms with van der Waals surface area (Å²) in [7, 11) is 0. The topological polar surface area (TPSA) is 68.0 Å². The third kappa shape index (κ3) is 2.73. The minimum absolute atomic E-state index is 0.0165. The molecule has 1 N–H and O–H groups in total. The second kappa shape index (κ2) is 5.54. The van der Waals surface area contributed by atoms with Gasteiger partial charge in [0.2, 0.25) is 0 Å². The van der Waals surface area contributed by atoms with Crippen LogP contribution in [0.5, 0.6) is 0 Å². The summed E-state index contributed by atoms with van der Waals surface area (Å²) in [6, 6.07) is 11.0. The minimum atomic E-state index is -0.852. The summed E-state index contributed by atoms with van der Waals surface area (Å²) in [5.41, 5.74) is 2.30. The SMILES string of the molecule is O=C(O)CCn1c(-c2ccc(Cl)cc2)nc2cccnc21. The number of carboxylic acids is 1. The molecule has 0 atom stereocenters. The molecule has 0 aliphatic carbocycles. The van der Waals surface area contributed by atoms with Gasteiger partial charge in [-0.3, -0.25) is 4.79 Å². The number of aromatic nitrogens is 3. The van der Waals surface area contributed by atoms with E-state index in [0.717, 1.165) is 11.1 Å². The summed E-state index contributed by atoms with van der Waals surface area (Å²) in [5, 5.41) is 9.55. The third-order valence-corrected chi connectivity index (χ3v) is 3.41. The number of rotatable bonds is 4. The minimum Gasteiger partial charge on any atom is -0.481 e. The first kappa shape index (κ1) is 13.6. The van der Waals surface area contributed by atoms with Gasteiger partial charge in [0.15, 0.2) is 5.65 Å². The Hall–Kier alpha value is -2.40. The van der Waals surface area contributed by atoms with Crippen LogP contribution in [0, 0.1) is 0 Å². The van der Waals surface area contributed by atoms with Crippen molar-refractivity contribution in [3.63, 3.8) is 0 Å². The first-order valence-electron chi connectivity index (χ1n) is 6.44. The number of halogens is 1. The number of benzene rings is 1. The molecule has 3 aromatic rings. The molecule has 0 amide bonds. The second-order valence-electron chi connectivity index (χ2n) is 4.58. The van der Waals surface area contributed by atoms with E-state index < -0.39 is 5.97 Å². The van der Waals surface area contributed by atoms with Crippen molar-refractivity contribution in [3.05, 3.63) is 47.6 Å². The zero-order valence-corrected chi connectivity index (χ0v) is 11.8. The monoisotopic (exact) mass is 301 g/mol. The Morgan fingerprint density at radius 1 is 1.24 bits per heavy atom. The van der Waals surface area contributed by atoms with Gasteiger partial charge in [-0.2, -0.15) is 0 Å². The molecule has 5 nitrogen and oxygen atoms in total. The number of nitrogens with zero attached hydrogens (tertiary/aromatic N) is 3. The first-order chi connectivity index (χ1) is 10.1. The van der Waals surface area contributed by atoms with Gasteiger partial charge in [0.25, 0.3) is 0 Å². The number of imidazole rings is 1. The molecule has 0 saturated carbocycles. The van der Waals surface area contributed by atoms with Crippen LogP contribution in [-0.4, -0.2) is 25.6 Å². The number of carboxylic acid groups (broad SMARTS) is 1. The van der Waals surface area contributed by atoms with E-state index in [9.17, 15) is 4.79 Å². The fourth-order valence-electron chi connectivity index (χ4n) is 2.20. The zero-order valence-electron chi connectivity index (χ0n) is 11.0. The summed E-state index contributed by atoms with van der Waals surface area (Å²) < 4.78 is 1.83. The van der Waals surface area contributed by atoms with Crippen LogP contribution >= 0.6 is 11.6 Å². The smallest absolute Gasteiger partial charge is 0.305 e. The van der Waals surface area contributed by atoms with Crippen molar-refractivity contribution < 1.29 is 9.90 Å². The van der Waals surface area contributed by atoms with Crippen molar-refractivity contribution in [2.75, 3.05) is 0 Å². The lowest BCUT2D eigenvalue weighted by molar-refractivity contribution is -0.137. The molecule has 0 unspecified atom stereocenters. The number of pyridine rings is 1. The van der Waals surface area contributed by atoms with Crippen LogP contribution in [0.25, 0.3) is 22.6 Å². The molecule has 0 aliphatic heterocycles. The van der Waals surface area contributed by atoms with Gasteiger partial charge >= 0.3 is 5.97 Å². The molecule has 21 heavy (non-hydrogen) atoms. The highest BCUT2D eigenvalue weighted by Crippen LogP contribution is 2.25. The molecular formula is C15H12ClN3O2. The lowest BCUT2D eigenvalue weighted by Gasteiger charge is -2.07. The van der Waals surface area contributed by atoms with Crippen molar-refractivity contribution in [2.45, 2.75) is 13.0 Å². The van der Waals surface area contributed by atoms with E-state index in [2.05, 4.69) is 9.97 Å². The summed E-state index contributed by atoms with van der Waals surface area (Å²) in [5.74, 6) is -0.156. The molecule has 3 rings (SSSR count). The van der Waals surface area contributed by atoms with Gasteiger partial charge in [0, 0.05) is 23.3 Å². The largest absolute Gasteiger partial charge is 0.481 e. The number of hydrogen-bond donors (Lipinski definition) is 1. The molecule has 0 bridgehead atoms. The quantitative estimate of drug-likeness (QED) is 0.803. The van der Waals surface area contributed by atoms with Crippen LogP contribution in [0.1, 0.15) is 6.42 Å². The van der Waals surface area contributed by atoms with Gasteiger partial charge < -0.3 is 9.67 Å². The number of aliphatic carboxylic acids is 1. The average Bonchev–Trinajstić information content (AvgIpc) is 2.84. The lowest BCUT2D eigenvalue weighted by Crippen LogP contribution is -2.06. The molecule has 0 spiro atoms. The fourth-order valence-corrected chi connectivity index (χ4v) is 2.32. The maximum atomic E-state index is 10.9. The molecule has 0 aliphatic rings. The molecular weight excluding hydrogens is 290 g/mol. The maximum absolute atomic E-state index is 10.9. The summed E-state index contributed by atoms with van der Waals surface area (Å²) in [6.07, 6.45) is 1.69. The van der Waals surface area contributed by atoms with E-state index in [0.29, 0.717) is 23.0 Å². The van der Waals surface area contributed by atoms with E-state index >= 15 is 0 Å². The Kier molecular flexibility index (Phi) is 3.58. The van der Waals surface area contributed by atoms with Gasteiger partial charge in [-0.25, -0.2) is 9.97 Å². The van der Waals surface area contributed by atoms with E-state index in [1.165, 1.54) is 0 Å². The highest BCUT2D eigenvalue weighted by Gasteiger charge is 2.14. The van der Waals surface area contributed by atoms with Crippen LogP contribution in [0.3, 0.4) is 0 Å². The zero-order chi connectivity index (χ0) is 14.8. The number of aryl methyl sites for hydroxylation is 1. The van der Waals surface area contributed by atoms with Crippen molar-refractivity contribution in [2.24, 2.45) is 0 Å². The van der Waals surface area contributed by atoms with Crippen molar-refractivity contribution >= 4 is 28.7 Å². The standard InChI is InChI=1S/C15H12ClN3O2/c16-11-5-3-10(4-6-11)14-18-12-2-1-8-17-15(12)19(14)9-7-13(20)21/h1-6,8H,7,9H2,(H,20,21). The molecule has 106 valence electrons. The molecule has 0 radical (unpaired) electrons. The summed E-state index contributed by atoms with van der Waals surface area (Å²) in [4.78, 5) is 19.7. The van der Waals surface area contributed by atoms with E-state index in [1.54, 1.807) is 18.3 Å². The van der Waals surface area contributed by atoms with E-state index in [4.69, 9.17) is 16.7 Å². The van der Waals surface area contributed by atoms with Crippen molar-refractivity contribution in [3.8, 4) is 11.4 Å². The van der Waals surface area contributed by atoms with E-state index in [-0.39, 0.29) is 6.42 Å². The Morgan fingerprint density at radius 2 is 2.00 bits per heavy atom. The molecule has 6 heteroatoms. The van der Waals surface area contributed by atoms with Crippen LogP contribution in [0.2, 0.25) is 5.02 Å². The van der Waals surface area contributed by atoms with Gasteiger partial charge in [-0.15, -0.1) is 0 Å². The Labute approximate surface area is 125 Å². The number of carbonyl (C=O) groups is 1. The van der Waals surface area contributed by atoms with Gasteiger partial charge in [-0.1, -0.05) is 11.6 Å². The third-order valence-electron chi connectivity index (χ3n) is 3.16. The second-order valence-corrected chi connectivity index (χ2v) is 5.02. The fraction of sp³-hybridized carbons (Fsp3) is 0.133. The normalized spacial score (nSPS) is 10.9. The Morgan fingerprint density at radius 3 is 2.71 bits per heavy atom. The van der Waals surface area contributed by atoms with Crippen LogP contribution in [0.4, 0.5) is 0 Å². The Bertz CT molecular complexity index is 796. The molecule has 2 aromatic heterocycles. The predicted molar refractivity (Wildman–Crippen MR) is 80.2 cm³/mol. The lowest BCUT2D eigenvalue weighted by atomic mass is 10.2. The van der Waals surface area contributed by atoms with Crippen LogP contribution in [0.15, 0.2) is 42.6 Å². The van der Waals surface area contributed by atoms with Gasteiger partial charge in [0.1, 0.15) is 11.3 Å². The number of hydrogen-bond acceptors (Lipinski definition) is 3. The molecule has 2 heterocycles. The average molecular weight is 302 g/mol. The summed E-state index contributed by atoms with van der Waals surface area (Å²) >= 11 is 5.90. The van der Waals surface area contributed by atoms with Gasteiger partial charge in [-0.05, 0) is 36.4 Å². The highest BCUT2D eigenvalue weighted by molar-refractivity contribution is 6.30. The van der Waals surface area contributed by atoms with Gasteiger partial charge in [0.05, 0.1) is 6.42 Å². The number of fused-ring (bicyclic) bond motifs is 1. The van der Waals surface area contributed by atoms with Crippen LogP contribution in [-0.2, 0) is 11.3 Å². The maximum Gasteiger partial charge on any atom is 0.305 e. The highest BCUT2D eigenvalue weighted by atomic mass is 35.5. The molecule has 1 aromatic carbocycles. The first-order valence-corrected chi connectivity index (χ1v) is 6.82. The Balaban J connectivity index is 2.13. The molecule has 0 saturated heterocycles. The van der Waals surface area contributed by atoms with Crippen molar-refractivity contribution in [1.82, 2.24) is 14.5 Å². The molecule has 0 fully saturated rings. The summed E-state index contributed by atoms with van der Waals surface area (Å²) in [6.45, 7) is 0.320. The predicted octanol–water partition coefficient (Wildman–Crippen LogP) is 3.23. The van der Waals surface area contributed by atoms with Crippen LogP contribution < -0.4 is 0 Å². The van der Waals surface area contributed by atoms with Crippen molar-refractivity contribution in [1.29, 1.82) is 0 Å².